The van der Waals surface area contributed by atoms with E-state index >= 15 is 0 Å². The van der Waals surface area contributed by atoms with Gasteiger partial charge in [0.2, 0.25) is 5.13 Å². The van der Waals surface area contributed by atoms with Crippen LogP contribution in [0.5, 0.6) is 0 Å². The van der Waals surface area contributed by atoms with Crippen LogP contribution in [0.15, 0.2) is 16.8 Å². The Hall–Kier alpha value is -0.940. The monoisotopic (exact) mass is 251 g/mol. The fraction of sp³-hybridized carbons (Fsp3) is 0.455. The van der Waals surface area contributed by atoms with Gasteiger partial charge in [-0.15, -0.1) is 0 Å². The van der Waals surface area contributed by atoms with Crippen LogP contribution in [0.4, 0.5) is 5.13 Å². The molecule has 1 aliphatic carbocycles. The van der Waals surface area contributed by atoms with Crippen molar-refractivity contribution in [3.63, 3.8) is 0 Å². The Morgan fingerprint density at radius 2 is 2.38 bits per heavy atom. The van der Waals surface area contributed by atoms with Crippen LogP contribution >= 0.6 is 22.9 Å². The summed E-state index contributed by atoms with van der Waals surface area (Å²) in [4.78, 5) is 6.76. The molecule has 2 aromatic heterocycles. The Kier molecular flexibility index (Phi) is 2.65. The largest absolute Gasteiger partial charge is 0.346 e. The van der Waals surface area contributed by atoms with Crippen molar-refractivity contribution >= 4 is 28.0 Å². The van der Waals surface area contributed by atoms with Gasteiger partial charge in [0.05, 0.1) is 0 Å². The number of thiophene rings is 1. The molecule has 0 N–H and O–H groups in total. The lowest BCUT2D eigenvalue weighted by atomic mass is 10.3. The smallest absolute Gasteiger partial charge is 0.205 e. The van der Waals surface area contributed by atoms with Gasteiger partial charge in [0.1, 0.15) is 5.82 Å². The van der Waals surface area contributed by atoms with Gasteiger partial charge in [0.15, 0.2) is 0 Å². The van der Waals surface area contributed by atoms with Gasteiger partial charge < -0.3 is 4.90 Å². The Bertz CT molecular complexity index is 459. The van der Waals surface area contributed by atoms with E-state index in [4.69, 9.17) is 0 Å². The summed E-state index contributed by atoms with van der Waals surface area (Å²) in [5.74, 6) is 1.71. The molecule has 84 valence electrons. The van der Waals surface area contributed by atoms with Crippen molar-refractivity contribution in [1.82, 2.24) is 9.36 Å². The zero-order valence-electron chi connectivity index (χ0n) is 9.09. The number of anilines is 1. The first-order valence-corrected chi connectivity index (χ1v) is 7.10. The van der Waals surface area contributed by atoms with Gasteiger partial charge in [-0.25, -0.2) is 4.98 Å². The molecule has 0 spiro atoms. The Morgan fingerprint density at radius 3 is 3.06 bits per heavy atom. The summed E-state index contributed by atoms with van der Waals surface area (Å²) in [5.41, 5.74) is 1.34. The number of rotatable bonds is 4. The van der Waals surface area contributed by atoms with Crippen LogP contribution in [0, 0.1) is 0 Å². The number of aromatic nitrogens is 2. The second kappa shape index (κ2) is 4.14. The van der Waals surface area contributed by atoms with Crippen LogP contribution in [-0.2, 0) is 6.54 Å². The quantitative estimate of drug-likeness (QED) is 0.836. The van der Waals surface area contributed by atoms with Crippen LogP contribution in [0.3, 0.4) is 0 Å². The maximum Gasteiger partial charge on any atom is 0.205 e. The van der Waals surface area contributed by atoms with Crippen molar-refractivity contribution in [1.29, 1.82) is 0 Å². The highest BCUT2D eigenvalue weighted by molar-refractivity contribution is 7.09. The van der Waals surface area contributed by atoms with E-state index in [1.54, 1.807) is 11.3 Å². The van der Waals surface area contributed by atoms with E-state index in [0.717, 1.165) is 17.5 Å². The third kappa shape index (κ3) is 2.10. The average Bonchev–Trinajstić information content (AvgIpc) is 2.82. The van der Waals surface area contributed by atoms with Gasteiger partial charge in [-0.1, -0.05) is 0 Å². The van der Waals surface area contributed by atoms with Crippen LogP contribution in [0.25, 0.3) is 0 Å². The van der Waals surface area contributed by atoms with Crippen molar-refractivity contribution in [2.75, 3.05) is 11.9 Å². The molecular formula is C11H13N3S2. The molecule has 0 saturated heterocycles. The molecule has 2 aromatic rings. The molecule has 3 nitrogen and oxygen atoms in total. The van der Waals surface area contributed by atoms with Crippen molar-refractivity contribution in [3.8, 4) is 0 Å². The molecule has 5 heteroatoms. The summed E-state index contributed by atoms with van der Waals surface area (Å²) in [6.45, 7) is 0.919. The van der Waals surface area contributed by atoms with Crippen LogP contribution < -0.4 is 4.90 Å². The maximum atomic E-state index is 4.59. The van der Waals surface area contributed by atoms with Gasteiger partial charge in [0, 0.05) is 31.0 Å². The highest BCUT2D eigenvalue weighted by Crippen LogP contribution is 2.39. The maximum absolute atomic E-state index is 4.59. The third-order valence-corrected chi connectivity index (χ3v) is 4.28. The van der Waals surface area contributed by atoms with E-state index in [2.05, 4.69) is 38.1 Å². The van der Waals surface area contributed by atoms with E-state index in [0.29, 0.717) is 5.92 Å². The first-order chi connectivity index (χ1) is 7.83. The zero-order chi connectivity index (χ0) is 11.0. The highest BCUT2D eigenvalue weighted by Gasteiger charge is 2.28. The molecule has 0 amide bonds. The minimum atomic E-state index is 0.652. The lowest BCUT2D eigenvalue weighted by molar-refractivity contribution is 0.898. The molecule has 1 fully saturated rings. The third-order valence-electron chi connectivity index (χ3n) is 2.70. The van der Waals surface area contributed by atoms with Crippen molar-refractivity contribution in [3.05, 3.63) is 28.2 Å². The SMILES string of the molecule is CN(Cc1ccsc1)c1nc(C2CC2)ns1. The molecule has 1 saturated carbocycles. The second-order valence-electron chi connectivity index (χ2n) is 4.20. The van der Waals surface area contributed by atoms with Gasteiger partial charge in [-0.2, -0.15) is 15.7 Å². The molecular weight excluding hydrogens is 238 g/mol. The van der Waals surface area contributed by atoms with Crippen molar-refractivity contribution < 1.29 is 0 Å². The molecule has 0 aromatic carbocycles. The minimum absolute atomic E-state index is 0.652. The normalized spacial score (nSPS) is 15.3. The molecule has 1 aliphatic rings. The van der Waals surface area contributed by atoms with Crippen LogP contribution in [0.1, 0.15) is 30.1 Å². The van der Waals surface area contributed by atoms with E-state index in [1.165, 1.54) is 29.9 Å². The Balaban J connectivity index is 1.70. The molecule has 0 aliphatic heterocycles. The van der Waals surface area contributed by atoms with E-state index in [9.17, 15) is 0 Å². The minimum Gasteiger partial charge on any atom is -0.346 e. The summed E-state index contributed by atoms with van der Waals surface area (Å²) in [7, 11) is 2.08. The van der Waals surface area contributed by atoms with Gasteiger partial charge in [-0.3, -0.25) is 0 Å². The van der Waals surface area contributed by atoms with E-state index in [1.807, 2.05) is 0 Å². The number of hydrogen-bond donors (Lipinski definition) is 0. The standard InChI is InChI=1S/C11H13N3S2/c1-14(6-8-4-5-15-7-8)11-12-10(13-16-11)9-2-3-9/h4-5,7,9H,2-3,6H2,1H3. The van der Waals surface area contributed by atoms with Crippen LogP contribution in [0.2, 0.25) is 0 Å². The fourth-order valence-electron chi connectivity index (χ4n) is 1.61. The van der Waals surface area contributed by atoms with Gasteiger partial charge >= 0.3 is 0 Å². The highest BCUT2D eigenvalue weighted by atomic mass is 32.1. The average molecular weight is 251 g/mol. The molecule has 0 atom stereocenters. The molecule has 0 radical (unpaired) electrons. The Morgan fingerprint density at radius 1 is 1.50 bits per heavy atom. The number of hydrogen-bond acceptors (Lipinski definition) is 5. The molecule has 0 bridgehead atoms. The Labute approximate surface area is 103 Å². The molecule has 0 unspecified atom stereocenters. The predicted octanol–water partition coefficient (Wildman–Crippen LogP) is 3.11. The molecule has 16 heavy (non-hydrogen) atoms. The fourth-order valence-corrected chi connectivity index (χ4v) is 2.98. The lowest BCUT2D eigenvalue weighted by Crippen LogP contribution is -2.15. The summed E-state index contributed by atoms with van der Waals surface area (Å²) in [5, 5.41) is 5.33. The molecule has 2 heterocycles. The van der Waals surface area contributed by atoms with Gasteiger partial charge in [-0.05, 0) is 35.2 Å². The topological polar surface area (TPSA) is 29.0 Å². The van der Waals surface area contributed by atoms with Crippen molar-refractivity contribution in [2.24, 2.45) is 0 Å². The second-order valence-corrected chi connectivity index (χ2v) is 5.71. The number of nitrogens with zero attached hydrogens (tertiary/aromatic N) is 3. The summed E-state index contributed by atoms with van der Waals surface area (Å²) in [6.07, 6.45) is 2.54. The van der Waals surface area contributed by atoms with Crippen LogP contribution in [-0.4, -0.2) is 16.4 Å². The molecule has 3 rings (SSSR count). The summed E-state index contributed by atoms with van der Waals surface area (Å²) >= 11 is 3.25. The first-order valence-electron chi connectivity index (χ1n) is 5.39. The zero-order valence-corrected chi connectivity index (χ0v) is 10.7. The van der Waals surface area contributed by atoms with E-state index < -0.39 is 0 Å². The van der Waals surface area contributed by atoms with Crippen molar-refractivity contribution in [2.45, 2.75) is 25.3 Å². The summed E-state index contributed by atoms with van der Waals surface area (Å²) < 4.78 is 4.42. The summed E-state index contributed by atoms with van der Waals surface area (Å²) in [6, 6.07) is 2.16. The lowest BCUT2D eigenvalue weighted by Gasteiger charge is -2.13. The predicted molar refractivity (Wildman–Crippen MR) is 68.3 cm³/mol. The first kappa shape index (κ1) is 10.2. The van der Waals surface area contributed by atoms with E-state index in [-0.39, 0.29) is 0 Å². The van der Waals surface area contributed by atoms with Gasteiger partial charge in [0.25, 0.3) is 0 Å².